The van der Waals surface area contributed by atoms with Crippen molar-refractivity contribution >= 4 is 5.91 Å². The van der Waals surface area contributed by atoms with Gasteiger partial charge < -0.3 is 9.47 Å². The van der Waals surface area contributed by atoms with Gasteiger partial charge in [0.05, 0.1) is 6.33 Å². The monoisotopic (exact) mass is 207 g/mol. The van der Waals surface area contributed by atoms with Crippen LogP contribution in [0.3, 0.4) is 0 Å². The Morgan fingerprint density at radius 3 is 3.00 bits per heavy atom. The van der Waals surface area contributed by atoms with E-state index in [2.05, 4.69) is 4.98 Å². The van der Waals surface area contributed by atoms with E-state index in [-0.39, 0.29) is 5.91 Å². The van der Waals surface area contributed by atoms with Crippen molar-refractivity contribution in [2.45, 2.75) is 25.7 Å². The molecule has 4 nitrogen and oxygen atoms in total. The second-order valence-electron chi connectivity index (χ2n) is 4.23. The molecule has 0 N–H and O–H groups in total. The van der Waals surface area contributed by atoms with Crippen LogP contribution in [0.25, 0.3) is 0 Å². The zero-order chi connectivity index (χ0) is 10.8. The van der Waals surface area contributed by atoms with Gasteiger partial charge in [0.2, 0.25) is 5.91 Å². The summed E-state index contributed by atoms with van der Waals surface area (Å²) in [5.41, 5.74) is 1.24. The normalized spacial score (nSPS) is 21.7. The minimum Gasteiger partial charge on any atom is -0.342 e. The molecule has 1 atom stereocenters. The maximum Gasteiger partial charge on any atom is 0.219 e. The predicted molar refractivity (Wildman–Crippen MR) is 57.4 cm³/mol. The molecule has 4 heteroatoms. The topological polar surface area (TPSA) is 38.1 Å². The van der Waals surface area contributed by atoms with Crippen molar-refractivity contribution in [3.05, 3.63) is 18.2 Å². The number of amides is 1. The molecular formula is C11H17N3O. The fraction of sp³-hybridized carbons (Fsp3) is 0.636. The first-order valence-electron chi connectivity index (χ1n) is 5.40. The van der Waals surface area contributed by atoms with Crippen LogP contribution in [0, 0.1) is 0 Å². The molecule has 0 aliphatic carbocycles. The molecule has 0 radical (unpaired) electrons. The highest BCUT2D eigenvalue weighted by Gasteiger charge is 2.24. The molecule has 1 aromatic heterocycles. The lowest BCUT2D eigenvalue weighted by molar-refractivity contribution is -0.130. The summed E-state index contributed by atoms with van der Waals surface area (Å²) in [6.07, 6.45) is 5.98. The van der Waals surface area contributed by atoms with Crippen molar-refractivity contribution in [1.82, 2.24) is 14.5 Å². The summed E-state index contributed by atoms with van der Waals surface area (Å²) in [6.45, 7) is 3.39. The Kier molecular flexibility index (Phi) is 2.75. The molecular weight excluding hydrogens is 190 g/mol. The molecule has 0 aromatic carbocycles. The first-order chi connectivity index (χ1) is 7.18. The van der Waals surface area contributed by atoms with Crippen LogP contribution in [-0.2, 0) is 11.8 Å². The minimum atomic E-state index is 0.182. The summed E-state index contributed by atoms with van der Waals surface area (Å²) < 4.78 is 2.05. The third-order valence-electron chi connectivity index (χ3n) is 3.14. The standard InChI is InChI=1S/C11H17N3O/c1-9(15)14-5-3-4-10(7-14)11-6-12-8-13(11)2/h6,8,10H,3-5,7H2,1-2H3. The van der Waals surface area contributed by atoms with Crippen LogP contribution in [0.15, 0.2) is 12.5 Å². The molecule has 0 bridgehead atoms. The quantitative estimate of drug-likeness (QED) is 0.692. The van der Waals surface area contributed by atoms with Crippen LogP contribution < -0.4 is 0 Å². The SMILES string of the molecule is CC(=O)N1CCCC(c2cncn2C)C1. The Morgan fingerprint density at radius 1 is 1.60 bits per heavy atom. The third-order valence-corrected chi connectivity index (χ3v) is 3.14. The molecule has 82 valence electrons. The number of hydrogen-bond donors (Lipinski definition) is 0. The van der Waals surface area contributed by atoms with E-state index in [9.17, 15) is 4.79 Å². The van der Waals surface area contributed by atoms with Crippen molar-refractivity contribution in [2.24, 2.45) is 7.05 Å². The van der Waals surface area contributed by atoms with Crippen LogP contribution in [0.1, 0.15) is 31.4 Å². The smallest absolute Gasteiger partial charge is 0.219 e. The van der Waals surface area contributed by atoms with Gasteiger partial charge in [0, 0.05) is 44.9 Å². The number of aromatic nitrogens is 2. The lowest BCUT2D eigenvalue weighted by Crippen LogP contribution is -2.38. The molecule has 1 aromatic rings. The van der Waals surface area contributed by atoms with Gasteiger partial charge in [-0.05, 0) is 12.8 Å². The van der Waals surface area contributed by atoms with Gasteiger partial charge in [-0.2, -0.15) is 0 Å². The average molecular weight is 207 g/mol. The largest absolute Gasteiger partial charge is 0.342 e. The van der Waals surface area contributed by atoms with E-state index in [0.717, 1.165) is 25.9 Å². The Morgan fingerprint density at radius 2 is 2.40 bits per heavy atom. The van der Waals surface area contributed by atoms with Crippen LogP contribution in [0.4, 0.5) is 0 Å². The molecule has 1 aliphatic heterocycles. The summed E-state index contributed by atoms with van der Waals surface area (Å²) in [5.74, 6) is 0.636. The highest BCUT2D eigenvalue weighted by Crippen LogP contribution is 2.26. The van der Waals surface area contributed by atoms with E-state index in [1.54, 1.807) is 6.92 Å². The number of rotatable bonds is 1. The molecule has 15 heavy (non-hydrogen) atoms. The Balaban J connectivity index is 2.11. The summed E-state index contributed by atoms with van der Waals surface area (Å²) in [6, 6.07) is 0. The zero-order valence-corrected chi connectivity index (χ0v) is 9.31. The third kappa shape index (κ3) is 2.03. The number of aryl methyl sites for hydroxylation is 1. The van der Waals surface area contributed by atoms with Crippen LogP contribution in [0.5, 0.6) is 0 Å². The molecule has 2 rings (SSSR count). The van der Waals surface area contributed by atoms with Gasteiger partial charge >= 0.3 is 0 Å². The average Bonchev–Trinajstić information content (AvgIpc) is 2.64. The van der Waals surface area contributed by atoms with Crippen molar-refractivity contribution < 1.29 is 4.79 Å². The highest BCUT2D eigenvalue weighted by atomic mass is 16.2. The first-order valence-corrected chi connectivity index (χ1v) is 5.40. The molecule has 1 amide bonds. The van der Waals surface area contributed by atoms with Crippen molar-refractivity contribution in [3.8, 4) is 0 Å². The predicted octanol–water partition coefficient (Wildman–Crippen LogP) is 1.15. The molecule has 1 fully saturated rings. The number of carbonyl (C=O) groups excluding carboxylic acids is 1. The number of nitrogens with zero attached hydrogens (tertiary/aromatic N) is 3. The zero-order valence-electron chi connectivity index (χ0n) is 9.31. The van der Waals surface area contributed by atoms with E-state index in [1.807, 2.05) is 29.0 Å². The number of carbonyl (C=O) groups is 1. The van der Waals surface area contributed by atoms with E-state index in [0.29, 0.717) is 5.92 Å². The summed E-state index contributed by atoms with van der Waals surface area (Å²) >= 11 is 0. The van der Waals surface area contributed by atoms with E-state index in [4.69, 9.17) is 0 Å². The second kappa shape index (κ2) is 4.04. The van der Waals surface area contributed by atoms with Crippen LogP contribution >= 0.6 is 0 Å². The maximum absolute atomic E-state index is 11.3. The van der Waals surface area contributed by atoms with Crippen molar-refractivity contribution in [2.75, 3.05) is 13.1 Å². The molecule has 2 heterocycles. The Labute approximate surface area is 89.9 Å². The first kappa shape index (κ1) is 10.2. The van der Waals surface area contributed by atoms with Gasteiger partial charge in [0.25, 0.3) is 0 Å². The highest BCUT2D eigenvalue weighted by molar-refractivity contribution is 5.73. The lowest BCUT2D eigenvalue weighted by Gasteiger charge is -2.32. The molecule has 1 saturated heterocycles. The number of imidazole rings is 1. The summed E-state index contributed by atoms with van der Waals surface area (Å²) in [5, 5.41) is 0. The van der Waals surface area contributed by atoms with Gasteiger partial charge in [-0.15, -0.1) is 0 Å². The summed E-state index contributed by atoms with van der Waals surface area (Å²) in [4.78, 5) is 17.4. The van der Waals surface area contributed by atoms with Gasteiger partial charge in [0.15, 0.2) is 0 Å². The Bertz CT molecular complexity index is 358. The van der Waals surface area contributed by atoms with Gasteiger partial charge in [0.1, 0.15) is 0 Å². The number of likely N-dealkylation sites (tertiary alicyclic amines) is 1. The van der Waals surface area contributed by atoms with Crippen molar-refractivity contribution in [1.29, 1.82) is 0 Å². The van der Waals surface area contributed by atoms with E-state index in [1.165, 1.54) is 5.69 Å². The van der Waals surface area contributed by atoms with Gasteiger partial charge in [-0.1, -0.05) is 0 Å². The van der Waals surface area contributed by atoms with E-state index < -0.39 is 0 Å². The molecule has 0 spiro atoms. The molecule has 1 unspecified atom stereocenters. The van der Waals surface area contributed by atoms with Gasteiger partial charge in [-0.3, -0.25) is 4.79 Å². The second-order valence-corrected chi connectivity index (χ2v) is 4.23. The molecule has 0 saturated carbocycles. The number of hydrogen-bond acceptors (Lipinski definition) is 2. The van der Waals surface area contributed by atoms with Crippen molar-refractivity contribution in [3.63, 3.8) is 0 Å². The minimum absolute atomic E-state index is 0.182. The molecule has 1 aliphatic rings. The van der Waals surface area contributed by atoms with Crippen LogP contribution in [-0.4, -0.2) is 33.4 Å². The Hall–Kier alpha value is -1.32. The maximum atomic E-state index is 11.3. The lowest BCUT2D eigenvalue weighted by atomic mass is 9.95. The van der Waals surface area contributed by atoms with Crippen LogP contribution in [0.2, 0.25) is 0 Å². The number of piperidine rings is 1. The van der Waals surface area contributed by atoms with Gasteiger partial charge in [-0.25, -0.2) is 4.98 Å². The van der Waals surface area contributed by atoms with E-state index >= 15 is 0 Å². The summed E-state index contributed by atoms with van der Waals surface area (Å²) in [7, 11) is 2.01. The fourth-order valence-corrected chi connectivity index (χ4v) is 2.27. The fourth-order valence-electron chi connectivity index (χ4n) is 2.27.